The number of likely N-dealkylation sites (tertiary alicyclic amines) is 1. The molecule has 0 radical (unpaired) electrons. The molecule has 0 aliphatic carbocycles. The van der Waals surface area contributed by atoms with Crippen LogP contribution in [-0.4, -0.2) is 68.8 Å². The maximum absolute atomic E-state index is 13.7. The zero-order valence-electron chi connectivity index (χ0n) is 16.2. The van der Waals surface area contributed by atoms with Gasteiger partial charge in [0.25, 0.3) is 0 Å². The highest BCUT2D eigenvalue weighted by molar-refractivity contribution is 5.87. The number of carbonyl (C=O) groups is 1. The van der Waals surface area contributed by atoms with Gasteiger partial charge in [0.1, 0.15) is 0 Å². The van der Waals surface area contributed by atoms with Crippen molar-refractivity contribution in [3.8, 4) is 11.3 Å². The molecule has 1 atom stereocenters. The van der Waals surface area contributed by atoms with E-state index in [1.165, 1.54) is 12.1 Å². The number of carbonyl (C=O) groups excluding carboxylic acids is 1. The molecule has 0 saturated carbocycles. The van der Waals surface area contributed by atoms with Crippen molar-refractivity contribution < 1.29 is 22.4 Å². The van der Waals surface area contributed by atoms with Gasteiger partial charge in [-0.2, -0.15) is 27.8 Å². The van der Waals surface area contributed by atoms with Crippen molar-refractivity contribution in [1.82, 2.24) is 24.9 Å². The lowest BCUT2D eigenvalue weighted by Crippen LogP contribution is -2.38. The molecule has 2 aromatic heterocycles. The minimum absolute atomic E-state index is 0.0618. The Bertz CT molecular complexity index is 975. The van der Waals surface area contributed by atoms with E-state index >= 15 is 0 Å². The molecule has 0 aromatic carbocycles. The van der Waals surface area contributed by atoms with Crippen LogP contribution in [0, 0.1) is 0 Å². The number of aryl methyl sites for hydroxylation is 1. The maximum atomic E-state index is 13.7. The van der Waals surface area contributed by atoms with Gasteiger partial charge in [0.05, 0.1) is 24.5 Å². The van der Waals surface area contributed by atoms with Crippen LogP contribution >= 0.6 is 0 Å². The van der Waals surface area contributed by atoms with Gasteiger partial charge in [0, 0.05) is 37.8 Å². The first-order chi connectivity index (χ1) is 14.1. The molecule has 1 amide bonds. The first-order valence-corrected chi connectivity index (χ1v) is 9.41. The molecule has 2 aliphatic rings. The first kappa shape index (κ1) is 20.3. The molecule has 1 unspecified atom stereocenters. The molecule has 0 N–H and O–H groups in total. The minimum Gasteiger partial charge on any atom is -0.343 e. The Balaban J connectivity index is 1.70. The predicted octanol–water partition coefficient (Wildman–Crippen LogP) is 2.47. The van der Waals surface area contributed by atoms with Gasteiger partial charge in [-0.15, -0.1) is 5.10 Å². The van der Waals surface area contributed by atoms with Crippen molar-refractivity contribution in [2.24, 2.45) is 7.05 Å². The molecule has 2 aliphatic heterocycles. The van der Waals surface area contributed by atoms with Crippen molar-refractivity contribution in [3.05, 3.63) is 36.7 Å². The van der Waals surface area contributed by atoms with Crippen molar-refractivity contribution in [2.75, 3.05) is 31.1 Å². The van der Waals surface area contributed by atoms with Crippen molar-refractivity contribution >= 4 is 11.7 Å². The van der Waals surface area contributed by atoms with Crippen LogP contribution in [0.2, 0.25) is 0 Å². The van der Waals surface area contributed by atoms with E-state index in [0.717, 1.165) is 4.90 Å². The molecular formula is C19H20F4N6O. The molecule has 4 rings (SSSR count). The summed E-state index contributed by atoms with van der Waals surface area (Å²) in [5.74, 6) is -8.68. The molecule has 2 saturated heterocycles. The summed E-state index contributed by atoms with van der Waals surface area (Å²) in [5.41, 5.74) is 1.60. The fraction of sp³-hybridized carbons (Fsp3) is 0.474. The Morgan fingerprint density at radius 2 is 1.93 bits per heavy atom. The zero-order valence-corrected chi connectivity index (χ0v) is 16.2. The van der Waals surface area contributed by atoms with Gasteiger partial charge in [-0.25, -0.2) is 0 Å². The number of hydrogen-bond donors (Lipinski definition) is 0. The van der Waals surface area contributed by atoms with Crippen molar-refractivity contribution in [2.45, 2.75) is 24.2 Å². The summed E-state index contributed by atoms with van der Waals surface area (Å²) in [6.07, 6.45) is 3.58. The topological polar surface area (TPSA) is 67.2 Å². The quantitative estimate of drug-likeness (QED) is 0.557. The molecule has 30 heavy (non-hydrogen) atoms. The smallest absolute Gasteiger partial charge is 0.329 e. The van der Waals surface area contributed by atoms with Crippen LogP contribution in [0.4, 0.5) is 23.4 Å². The van der Waals surface area contributed by atoms with E-state index in [2.05, 4.69) is 21.9 Å². The predicted molar refractivity (Wildman–Crippen MR) is 100 cm³/mol. The Morgan fingerprint density at radius 3 is 2.53 bits per heavy atom. The van der Waals surface area contributed by atoms with E-state index in [1.807, 2.05) is 0 Å². The number of amides is 1. The Morgan fingerprint density at radius 1 is 1.23 bits per heavy atom. The molecule has 4 heterocycles. The van der Waals surface area contributed by atoms with Gasteiger partial charge in [-0.3, -0.25) is 9.48 Å². The molecule has 7 nitrogen and oxygen atoms in total. The van der Waals surface area contributed by atoms with Crippen LogP contribution in [0.3, 0.4) is 0 Å². The molecule has 2 fully saturated rings. The Kier molecular flexibility index (Phi) is 4.78. The average molecular weight is 424 g/mol. The monoisotopic (exact) mass is 424 g/mol. The highest BCUT2D eigenvalue weighted by atomic mass is 19.3. The second-order valence-corrected chi connectivity index (χ2v) is 7.62. The van der Waals surface area contributed by atoms with Crippen molar-refractivity contribution in [1.29, 1.82) is 0 Å². The third-order valence-electron chi connectivity index (χ3n) is 5.50. The average Bonchev–Trinajstić information content (AvgIpc) is 3.39. The third kappa shape index (κ3) is 3.41. The Hall–Kier alpha value is -2.98. The molecular weight excluding hydrogens is 404 g/mol. The van der Waals surface area contributed by atoms with E-state index in [9.17, 15) is 22.4 Å². The second-order valence-electron chi connectivity index (χ2n) is 7.62. The van der Waals surface area contributed by atoms with Crippen molar-refractivity contribution in [3.63, 3.8) is 0 Å². The van der Waals surface area contributed by atoms with Crippen LogP contribution in [0.15, 0.2) is 31.0 Å². The maximum Gasteiger partial charge on any atom is 0.329 e. The van der Waals surface area contributed by atoms with E-state index in [4.69, 9.17) is 0 Å². The summed E-state index contributed by atoms with van der Waals surface area (Å²) >= 11 is 0. The lowest BCUT2D eigenvalue weighted by atomic mass is 9.98. The Labute approximate surface area is 170 Å². The van der Waals surface area contributed by atoms with Gasteiger partial charge in [0.2, 0.25) is 5.91 Å². The lowest BCUT2D eigenvalue weighted by molar-refractivity contribution is -0.172. The summed E-state index contributed by atoms with van der Waals surface area (Å²) in [6, 6.07) is 3.19. The molecule has 2 aromatic rings. The standard InChI is InChI=1S/C19H20F4N6O/c1-3-16(30)28-7-4-12(9-28)17-13(14-5-6-27(2)26-14)8-15(24-25-17)29-10-18(20,21)19(22,23)11-29/h3,5-6,8,12H,1,4,7,9-11H2,2H3. The molecule has 0 spiro atoms. The van der Waals surface area contributed by atoms with Crippen LogP contribution in [0.25, 0.3) is 11.3 Å². The summed E-state index contributed by atoms with van der Waals surface area (Å²) < 4.78 is 56.2. The summed E-state index contributed by atoms with van der Waals surface area (Å²) in [7, 11) is 1.72. The van der Waals surface area contributed by atoms with Gasteiger partial charge < -0.3 is 9.80 Å². The second kappa shape index (κ2) is 7.06. The SMILES string of the molecule is C=CC(=O)N1CCC(c2nnc(N3CC(F)(F)C(F)(F)C3)cc2-c2ccn(C)n2)C1. The minimum atomic E-state index is -4.14. The highest BCUT2D eigenvalue weighted by Crippen LogP contribution is 2.43. The highest BCUT2D eigenvalue weighted by Gasteiger charge is 2.63. The number of halogens is 4. The van der Waals surface area contributed by atoms with E-state index < -0.39 is 24.9 Å². The molecule has 11 heteroatoms. The van der Waals surface area contributed by atoms with E-state index in [-0.39, 0.29) is 17.6 Å². The normalized spacial score (nSPS) is 22.5. The first-order valence-electron chi connectivity index (χ1n) is 9.41. The van der Waals surface area contributed by atoms with Gasteiger partial charge in [-0.05, 0) is 24.6 Å². The summed E-state index contributed by atoms with van der Waals surface area (Å²) in [5, 5.41) is 12.5. The number of nitrogens with zero attached hydrogens (tertiary/aromatic N) is 6. The molecule has 0 bridgehead atoms. The summed E-state index contributed by atoms with van der Waals surface area (Å²) in [4.78, 5) is 14.4. The third-order valence-corrected chi connectivity index (χ3v) is 5.50. The fourth-order valence-electron chi connectivity index (χ4n) is 3.85. The number of aromatic nitrogens is 4. The van der Waals surface area contributed by atoms with Gasteiger partial charge in [0.15, 0.2) is 5.82 Å². The van der Waals surface area contributed by atoms with E-state index in [1.54, 1.807) is 28.9 Å². The van der Waals surface area contributed by atoms with Gasteiger partial charge in [-0.1, -0.05) is 6.58 Å². The summed E-state index contributed by atoms with van der Waals surface area (Å²) in [6.45, 7) is 2.13. The van der Waals surface area contributed by atoms with E-state index in [0.29, 0.717) is 36.5 Å². The number of alkyl halides is 4. The zero-order chi connectivity index (χ0) is 21.7. The van der Waals surface area contributed by atoms with Crippen LogP contribution in [0.1, 0.15) is 18.0 Å². The van der Waals surface area contributed by atoms with Crippen LogP contribution in [-0.2, 0) is 11.8 Å². The number of hydrogen-bond acceptors (Lipinski definition) is 5. The number of anilines is 1. The largest absolute Gasteiger partial charge is 0.343 e. The lowest BCUT2D eigenvalue weighted by Gasteiger charge is -2.19. The number of rotatable bonds is 4. The fourth-order valence-corrected chi connectivity index (χ4v) is 3.85. The molecule has 160 valence electrons. The van der Waals surface area contributed by atoms with Crippen LogP contribution < -0.4 is 4.90 Å². The van der Waals surface area contributed by atoms with Gasteiger partial charge >= 0.3 is 11.8 Å². The van der Waals surface area contributed by atoms with Crippen LogP contribution in [0.5, 0.6) is 0 Å².